The summed E-state index contributed by atoms with van der Waals surface area (Å²) in [6.07, 6.45) is 1.72. The molecule has 0 bridgehead atoms. The number of carbonyl (C=O) groups excluding carboxylic acids is 2. The Kier molecular flexibility index (Phi) is 4.47. The number of urea groups is 1. The molecular formula is C18H15IN2O2. The van der Waals surface area contributed by atoms with Crippen molar-refractivity contribution in [1.82, 2.24) is 10.2 Å². The van der Waals surface area contributed by atoms with Gasteiger partial charge in [0.1, 0.15) is 5.70 Å². The van der Waals surface area contributed by atoms with Crippen LogP contribution in [-0.4, -0.2) is 16.8 Å². The first-order valence-electron chi connectivity index (χ1n) is 7.19. The van der Waals surface area contributed by atoms with E-state index in [0.717, 1.165) is 20.3 Å². The van der Waals surface area contributed by atoms with Crippen molar-refractivity contribution in [2.75, 3.05) is 0 Å². The molecule has 3 rings (SSSR count). The van der Waals surface area contributed by atoms with Crippen molar-refractivity contribution in [2.24, 2.45) is 0 Å². The minimum Gasteiger partial charge on any atom is -0.303 e. The maximum atomic E-state index is 12.5. The Bertz CT molecular complexity index is 797. The number of hydrogen-bond donors (Lipinski definition) is 1. The third kappa shape index (κ3) is 3.44. The normalized spacial score (nSPS) is 16.1. The number of halogens is 1. The number of nitrogens with one attached hydrogen (secondary N) is 1. The van der Waals surface area contributed by atoms with Crippen molar-refractivity contribution in [2.45, 2.75) is 13.5 Å². The van der Waals surface area contributed by atoms with E-state index in [1.54, 1.807) is 6.08 Å². The maximum Gasteiger partial charge on any atom is 0.329 e. The predicted octanol–water partition coefficient (Wildman–Crippen LogP) is 3.69. The first-order chi connectivity index (χ1) is 11.0. The smallest absolute Gasteiger partial charge is 0.303 e. The number of carbonyl (C=O) groups is 2. The van der Waals surface area contributed by atoms with Crippen LogP contribution in [0.25, 0.3) is 6.08 Å². The first kappa shape index (κ1) is 15.7. The van der Waals surface area contributed by atoms with Crippen LogP contribution in [0.1, 0.15) is 16.7 Å². The van der Waals surface area contributed by atoms with Crippen molar-refractivity contribution in [3.05, 3.63) is 74.5 Å². The van der Waals surface area contributed by atoms with E-state index in [9.17, 15) is 9.59 Å². The van der Waals surface area contributed by atoms with Gasteiger partial charge in [0.25, 0.3) is 5.91 Å². The summed E-state index contributed by atoms with van der Waals surface area (Å²) < 4.78 is 1.02. The molecule has 23 heavy (non-hydrogen) atoms. The fourth-order valence-electron chi connectivity index (χ4n) is 2.34. The second-order valence-corrected chi connectivity index (χ2v) is 6.55. The molecule has 2 aromatic rings. The Morgan fingerprint density at radius 3 is 2.48 bits per heavy atom. The lowest BCUT2D eigenvalue weighted by molar-refractivity contribution is -0.123. The quantitative estimate of drug-likeness (QED) is 0.470. The van der Waals surface area contributed by atoms with Crippen LogP contribution in [0.5, 0.6) is 0 Å². The van der Waals surface area contributed by atoms with Crippen molar-refractivity contribution < 1.29 is 9.59 Å². The molecule has 2 aromatic carbocycles. The molecule has 1 fully saturated rings. The molecule has 1 heterocycles. The zero-order valence-electron chi connectivity index (χ0n) is 12.5. The van der Waals surface area contributed by atoms with Gasteiger partial charge < -0.3 is 5.32 Å². The highest BCUT2D eigenvalue weighted by Gasteiger charge is 2.33. The number of hydrogen-bond acceptors (Lipinski definition) is 2. The molecule has 1 saturated heterocycles. The Balaban J connectivity index is 1.82. The third-order valence-corrected chi connectivity index (χ3v) is 4.61. The van der Waals surface area contributed by atoms with Gasteiger partial charge >= 0.3 is 6.03 Å². The van der Waals surface area contributed by atoms with E-state index in [1.165, 1.54) is 4.90 Å². The number of amides is 3. The second-order valence-electron chi connectivity index (χ2n) is 5.39. The van der Waals surface area contributed by atoms with Crippen molar-refractivity contribution in [3.8, 4) is 0 Å². The molecule has 4 nitrogen and oxygen atoms in total. The molecule has 1 N–H and O–H groups in total. The van der Waals surface area contributed by atoms with Crippen LogP contribution in [0.2, 0.25) is 0 Å². The lowest BCUT2D eigenvalue weighted by Crippen LogP contribution is -2.30. The van der Waals surface area contributed by atoms with Gasteiger partial charge in [0.15, 0.2) is 0 Å². The Morgan fingerprint density at radius 1 is 1.09 bits per heavy atom. The van der Waals surface area contributed by atoms with Crippen LogP contribution in [-0.2, 0) is 11.3 Å². The van der Waals surface area contributed by atoms with Gasteiger partial charge in [0.05, 0.1) is 6.54 Å². The van der Waals surface area contributed by atoms with Crippen LogP contribution >= 0.6 is 22.6 Å². The molecule has 0 spiro atoms. The van der Waals surface area contributed by atoms with Crippen LogP contribution in [0, 0.1) is 10.5 Å². The second kappa shape index (κ2) is 6.54. The molecule has 116 valence electrons. The summed E-state index contributed by atoms with van der Waals surface area (Å²) in [4.78, 5) is 25.8. The number of rotatable bonds is 3. The van der Waals surface area contributed by atoms with Gasteiger partial charge in [-0.25, -0.2) is 4.79 Å². The molecule has 0 saturated carbocycles. The first-order valence-corrected chi connectivity index (χ1v) is 8.27. The zero-order chi connectivity index (χ0) is 16.4. The molecule has 0 aromatic heterocycles. The van der Waals surface area contributed by atoms with Gasteiger partial charge in [0.2, 0.25) is 0 Å². The third-order valence-electron chi connectivity index (χ3n) is 3.63. The molecule has 0 radical (unpaired) electrons. The summed E-state index contributed by atoms with van der Waals surface area (Å²) in [7, 11) is 0. The Labute approximate surface area is 148 Å². The minimum atomic E-state index is -0.382. The standard InChI is InChI=1S/C18H15IN2O2/c1-12-6-8-13(9-7-12)11-21-17(22)16(20-18(21)23)10-14-4-2-3-5-15(14)19/h2-10H,11H2,1H3,(H,20,23). The summed E-state index contributed by atoms with van der Waals surface area (Å²) in [6.45, 7) is 2.27. The number of nitrogens with zero attached hydrogens (tertiary/aromatic N) is 1. The van der Waals surface area contributed by atoms with Crippen molar-refractivity contribution >= 4 is 40.6 Å². The number of aryl methyl sites for hydroxylation is 1. The van der Waals surface area contributed by atoms with E-state index in [4.69, 9.17) is 0 Å². The molecule has 1 aliphatic heterocycles. The van der Waals surface area contributed by atoms with Gasteiger partial charge in [-0.3, -0.25) is 9.69 Å². The van der Waals surface area contributed by atoms with Gasteiger partial charge in [-0.2, -0.15) is 0 Å². The Morgan fingerprint density at radius 2 is 1.78 bits per heavy atom. The van der Waals surface area contributed by atoms with E-state index in [0.29, 0.717) is 5.70 Å². The SMILES string of the molecule is Cc1ccc(CN2C(=O)NC(=Cc3ccccc3I)C2=O)cc1. The summed E-state index contributed by atoms with van der Waals surface area (Å²) in [5, 5.41) is 2.66. The molecule has 0 unspecified atom stereocenters. The van der Waals surface area contributed by atoms with Gasteiger partial charge in [0, 0.05) is 3.57 Å². The molecule has 3 amide bonds. The van der Waals surface area contributed by atoms with E-state index in [-0.39, 0.29) is 18.5 Å². The zero-order valence-corrected chi connectivity index (χ0v) is 14.7. The lowest BCUT2D eigenvalue weighted by Gasteiger charge is -2.11. The highest BCUT2D eigenvalue weighted by Crippen LogP contribution is 2.19. The van der Waals surface area contributed by atoms with E-state index < -0.39 is 0 Å². The van der Waals surface area contributed by atoms with Crippen LogP contribution in [0.3, 0.4) is 0 Å². The maximum absolute atomic E-state index is 12.5. The molecule has 0 atom stereocenters. The molecule has 5 heteroatoms. The fourth-order valence-corrected chi connectivity index (χ4v) is 2.88. The highest BCUT2D eigenvalue weighted by atomic mass is 127. The van der Waals surface area contributed by atoms with Gasteiger partial charge in [-0.05, 0) is 52.8 Å². The van der Waals surface area contributed by atoms with E-state index in [2.05, 4.69) is 27.9 Å². The van der Waals surface area contributed by atoms with Crippen molar-refractivity contribution in [3.63, 3.8) is 0 Å². The van der Waals surface area contributed by atoms with Crippen LogP contribution in [0.15, 0.2) is 54.2 Å². The average Bonchev–Trinajstić information content (AvgIpc) is 2.79. The van der Waals surface area contributed by atoms with Crippen molar-refractivity contribution in [1.29, 1.82) is 0 Å². The number of imide groups is 1. The topological polar surface area (TPSA) is 49.4 Å². The molecule has 0 aliphatic carbocycles. The molecular weight excluding hydrogens is 403 g/mol. The van der Waals surface area contributed by atoms with Crippen LogP contribution in [0.4, 0.5) is 4.79 Å². The Hall–Kier alpha value is -2.15. The van der Waals surface area contributed by atoms with Crippen LogP contribution < -0.4 is 5.32 Å². The minimum absolute atomic E-state index is 0.272. The monoisotopic (exact) mass is 418 g/mol. The summed E-state index contributed by atoms with van der Waals surface area (Å²) in [5.41, 5.74) is 3.29. The predicted molar refractivity (Wildman–Crippen MR) is 97.4 cm³/mol. The largest absolute Gasteiger partial charge is 0.329 e. The summed E-state index contributed by atoms with van der Waals surface area (Å²) >= 11 is 2.20. The molecule has 1 aliphatic rings. The van der Waals surface area contributed by atoms with E-state index in [1.807, 2.05) is 55.5 Å². The average molecular weight is 418 g/mol. The summed E-state index contributed by atoms with van der Waals surface area (Å²) in [5.74, 6) is -0.296. The van der Waals surface area contributed by atoms with Gasteiger partial charge in [-0.15, -0.1) is 0 Å². The highest BCUT2D eigenvalue weighted by molar-refractivity contribution is 14.1. The number of benzene rings is 2. The fraction of sp³-hybridized carbons (Fsp3) is 0.111. The van der Waals surface area contributed by atoms with Gasteiger partial charge in [-0.1, -0.05) is 48.0 Å². The van der Waals surface area contributed by atoms with E-state index >= 15 is 0 Å². The summed E-state index contributed by atoms with van der Waals surface area (Å²) in [6, 6.07) is 15.1. The lowest BCUT2D eigenvalue weighted by atomic mass is 10.1.